The minimum Gasteiger partial charge on any atom is -0.316 e. The summed E-state index contributed by atoms with van der Waals surface area (Å²) in [4.78, 5) is 0. The van der Waals surface area contributed by atoms with Crippen LogP contribution < -0.4 is 5.32 Å². The lowest BCUT2D eigenvalue weighted by molar-refractivity contribution is 0.363. The molecule has 1 saturated heterocycles. The summed E-state index contributed by atoms with van der Waals surface area (Å²) in [5.74, 6) is 2.12. The van der Waals surface area contributed by atoms with Crippen LogP contribution in [0.25, 0.3) is 0 Å². The first-order valence-electron chi connectivity index (χ1n) is 6.14. The number of benzene rings is 1. The zero-order valence-corrected chi connectivity index (χ0v) is 10.8. The van der Waals surface area contributed by atoms with Crippen LogP contribution in [0.1, 0.15) is 31.7 Å². The van der Waals surface area contributed by atoms with Crippen LogP contribution in [-0.4, -0.2) is 13.1 Å². The van der Waals surface area contributed by atoms with Gasteiger partial charge in [-0.05, 0) is 55.0 Å². The van der Waals surface area contributed by atoms with Gasteiger partial charge in [0, 0.05) is 5.02 Å². The highest BCUT2D eigenvalue weighted by atomic mass is 35.5. The molecule has 2 atom stereocenters. The highest BCUT2D eigenvalue weighted by molar-refractivity contribution is 6.30. The summed E-state index contributed by atoms with van der Waals surface area (Å²) in [6.45, 7) is 6.96. The van der Waals surface area contributed by atoms with Gasteiger partial charge in [0.15, 0.2) is 0 Å². The summed E-state index contributed by atoms with van der Waals surface area (Å²) in [6, 6.07) is 8.39. The van der Waals surface area contributed by atoms with Crippen LogP contribution in [0.5, 0.6) is 0 Å². The monoisotopic (exact) mass is 237 g/mol. The van der Waals surface area contributed by atoms with E-state index in [4.69, 9.17) is 11.6 Å². The van der Waals surface area contributed by atoms with Crippen LogP contribution in [0, 0.1) is 11.8 Å². The number of halogens is 1. The number of rotatable bonds is 3. The van der Waals surface area contributed by atoms with Crippen LogP contribution in [0.15, 0.2) is 24.3 Å². The van der Waals surface area contributed by atoms with E-state index >= 15 is 0 Å². The molecule has 1 aliphatic heterocycles. The molecule has 1 N–H and O–H groups in total. The predicted molar refractivity (Wildman–Crippen MR) is 70.0 cm³/mol. The minimum atomic E-state index is 0.660. The van der Waals surface area contributed by atoms with Crippen LogP contribution in [0.4, 0.5) is 0 Å². The van der Waals surface area contributed by atoms with Gasteiger partial charge in [-0.25, -0.2) is 0 Å². The van der Waals surface area contributed by atoms with E-state index in [1.54, 1.807) is 0 Å². The van der Waals surface area contributed by atoms with E-state index in [0.29, 0.717) is 11.8 Å². The third-order valence-electron chi connectivity index (χ3n) is 3.58. The summed E-state index contributed by atoms with van der Waals surface area (Å²) in [5, 5.41) is 4.29. The van der Waals surface area contributed by atoms with Crippen molar-refractivity contribution in [1.82, 2.24) is 5.32 Å². The normalized spacial score (nSPS) is 22.6. The lowest BCUT2D eigenvalue weighted by atomic mass is 9.78. The minimum absolute atomic E-state index is 0.660. The fraction of sp³-hybridized carbons (Fsp3) is 0.571. The van der Waals surface area contributed by atoms with Gasteiger partial charge < -0.3 is 5.32 Å². The molecule has 2 unspecified atom stereocenters. The fourth-order valence-corrected chi connectivity index (χ4v) is 3.00. The molecule has 1 fully saturated rings. The van der Waals surface area contributed by atoms with Gasteiger partial charge in [0.05, 0.1) is 0 Å². The molecular weight excluding hydrogens is 218 g/mol. The molecule has 0 aliphatic carbocycles. The van der Waals surface area contributed by atoms with Crippen molar-refractivity contribution in [3.63, 3.8) is 0 Å². The Kier molecular flexibility index (Phi) is 3.88. The maximum absolute atomic E-state index is 5.94. The zero-order valence-electron chi connectivity index (χ0n) is 10.0. The SMILES string of the molecule is CC(C)C(c1ccc(Cl)cc1)C1CCNC1. The first-order valence-corrected chi connectivity index (χ1v) is 6.52. The lowest BCUT2D eigenvalue weighted by Gasteiger charge is -2.27. The molecule has 0 radical (unpaired) electrons. The largest absolute Gasteiger partial charge is 0.316 e. The van der Waals surface area contributed by atoms with Crippen molar-refractivity contribution in [2.45, 2.75) is 26.2 Å². The molecule has 0 bridgehead atoms. The molecule has 2 rings (SSSR count). The first kappa shape index (κ1) is 11.9. The second kappa shape index (κ2) is 5.20. The van der Waals surface area contributed by atoms with Crippen molar-refractivity contribution in [3.8, 4) is 0 Å². The summed E-state index contributed by atoms with van der Waals surface area (Å²) in [6.07, 6.45) is 1.30. The van der Waals surface area contributed by atoms with Gasteiger partial charge in [0.2, 0.25) is 0 Å². The topological polar surface area (TPSA) is 12.0 Å². The summed E-state index contributed by atoms with van der Waals surface area (Å²) >= 11 is 5.94. The molecule has 0 amide bonds. The summed E-state index contributed by atoms with van der Waals surface area (Å²) in [7, 11) is 0. The van der Waals surface area contributed by atoms with E-state index in [9.17, 15) is 0 Å². The van der Waals surface area contributed by atoms with Gasteiger partial charge in [0.25, 0.3) is 0 Å². The van der Waals surface area contributed by atoms with E-state index in [1.807, 2.05) is 12.1 Å². The third kappa shape index (κ3) is 2.58. The van der Waals surface area contributed by atoms with Gasteiger partial charge in [-0.15, -0.1) is 0 Å². The molecule has 1 nitrogen and oxygen atoms in total. The Bertz CT molecular complexity index is 325. The Morgan fingerprint density at radius 3 is 2.44 bits per heavy atom. The highest BCUT2D eigenvalue weighted by Gasteiger charge is 2.28. The standard InChI is InChI=1S/C14H20ClN/c1-10(2)14(12-7-8-16-9-12)11-3-5-13(15)6-4-11/h3-6,10,12,14,16H,7-9H2,1-2H3. The van der Waals surface area contributed by atoms with Crippen LogP contribution >= 0.6 is 11.6 Å². The van der Waals surface area contributed by atoms with Gasteiger partial charge >= 0.3 is 0 Å². The third-order valence-corrected chi connectivity index (χ3v) is 3.83. The van der Waals surface area contributed by atoms with Crippen molar-refractivity contribution in [2.75, 3.05) is 13.1 Å². The van der Waals surface area contributed by atoms with Crippen LogP contribution in [0.2, 0.25) is 5.02 Å². The molecule has 88 valence electrons. The summed E-state index contributed by atoms with van der Waals surface area (Å²) < 4.78 is 0. The van der Waals surface area contributed by atoms with Gasteiger partial charge in [-0.1, -0.05) is 37.6 Å². The molecule has 1 aliphatic rings. The van der Waals surface area contributed by atoms with E-state index in [1.165, 1.54) is 18.5 Å². The number of hydrogen-bond donors (Lipinski definition) is 1. The maximum atomic E-state index is 5.94. The fourth-order valence-electron chi connectivity index (χ4n) is 2.87. The molecule has 1 aromatic carbocycles. The Morgan fingerprint density at radius 2 is 1.94 bits per heavy atom. The van der Waals surface area contributed by atoms with E-state index in [0.717, 1.165) is 17.5 Å². The van der Waals surface area contributed by atoms with Crippen LogP contribution in [-0.2, 0) is 0 Å². The second-order valence-corrected chi connectivity index (χ2v) is 5.51. The molecule has 2 heteroatoms. The molecule has 1 heterocycles. The molecule has 0 aromatic heterocycles. The van der Waals surface area contributed by atoms with Gasteiger partial charge in [-0.2, -0.15) is 0 Å². The van der Waals surface area contributed by atoms with Crippen molar-refractivity contribution >= 4 is 11.6 Å². The van der Waals surface area contributed by atoms with E-state index in [2.05, 4.69) is 31.3 Å². The number of nitrogens with one attached hydrogen (secondary N) is 1. The van der Waals surface area contributed by atoms with Crippen molar-refractivity contribution < 1.29 is 0 Å². The molecule has 1 aromatic rings. The average Bonchev–Trinajstić information content (AvgIpc) is 2.74. The van der Waals surface area contributed by atoms with Gasteiger partial charge in [0.1, 0.15) is 0 Å². The van der Waals surface area contributed by atoms with E-state index in [-0.39, 0.29) is 0 Å². The zero-order chi connectivity index (χ0) is 11.5. The smallest absolute Gasteiger partial charge is 0.0406 e. The van der Waals surface area contributed by atoms with Gasteiger partial charge in [-0.3, -0.25) is 0 Å². The molecule has 0 saturated carbocycles. The van der Waals surface area contributed by atoms with Crippen molar-refractivity contribution in [3.05, 3.63) is 34.9 Å². The van der Waals surface area contributed by atoms with Crippen LogP contribution in [0.3, 0.4) is 0 Å². The molecule has 0 spiro atoms. The number of hydrogen-bond acceptors (Lipinski definition) is 1. The van der Waals surface area contributed by atoms with E-state index < -0.39 is 0 Å². The highest BCUT2D eigenvalue weighted by Crippen LogP contribution is 2.35. The Balaban J connectivity index is 2.21. The summed E-state index contributed by atoms with van der Waals surface area (Å²) in [5.41, 5.74) is 1.44. The first-order chi connectivity index (χ1) is 7.68. The molecule has 16 heavy (non-hydrogen) atoms. The Labute approximate surface area is 103 Å². The van der Waals surface area contributed by atoms with Crippen molar-refractivity contribution in [2.24, 2.45) is 11.8 Å². The predicted octanol–water partition coefficient (Wildman–Crippen LogP) is 3.69. The Hall–Kier alpha value is -0.530. The average molecular weight is 238 g/mol. The quantitative estimate of drug-likeness (QED) is 0.846. The maximum Gasteiger partial charge on any atom is 0.0406 e. The van der Waals surface area contributed by atoms with Crippen molar-refractivity contribution in [1.29, 1.82) is 0 Å². The molecular formula is C14H20ClN. The Morgan fingerprint density at radius 1 is 1.25 bits per heavy atom. The second-order valence-electron chi connectivity index (χ2n) is 5.07. The lowest BCUT2D eigenvalue weighted by Crippen LogP contribution is -2.20.